The third kappa shape index (κ3) is 3.83. The summed E-state index contributed by atoms with van der Waals surface area (Å²) >= 11 is 0. The first kappa shape index (κ1) is 15.1. The molecule has 0 fully saturated rings. The van der Waals surface area contributed by atoms with Crippen LogP contribution < -0.4 is 4.74 Å². The number of aromatic nitrogens is 2. The lowest BCUT2D eigenvalue weighted by Crippen LogP contribution is -2.14. The average molecular weight is 305 g/mol. The molecule has 0 spiro atoms. The Labute approximate surface area is 123 Å². The van der Waals surface area contributed by atoms with E-state index in [0.717, 1.165) is 6.54 Å². The molecule has 1 aromatic carbocycles. The molecule has 0 amide bonds. The number of rotatable bonds is 6. The van der Waals surface area contributed by atoms with Gasteiger partial charge in [-0.15, -0.1) is 0 Å². The van der Waals surface area contributed by atoms with Gasteiger partial charge in [-0.1, -0.05) is 0 Å². The summed E-state index contributed by atoms with van der Waals surface area (Å²) in [6.07, 6.45) is 3.27. The van der Waals surface area contributed by atoms with Gasteiger partial charge in [-0.2, -0.15) is 10.4 Å². The van der Waals surface area contributed by atoms with Crippen LogP contribution in [0.1, 0.15) is 12.5 Å². The first-order valence-corrected chi connectivity index (χ1v) is 8.08. The second-order valence-corrected chi connectivity index (χ2v) is 6.44. The minimum atomic E-state index is -3.42. The summed E-state index contributed by atoms with van der Waals surface area (Å²) in [7, 11) is -3.42. The Bertz CT molecular complexity index is 743. The second kappa shape index (κ2) is 6.41. The third-order valence-electron chi connectivity index (χ3n) is 2.90. The quantitative estimate of drug-likeness (QED) is 0.809. The van der Waals surface area contributed by atoms with Gasteiger partial charge in [-0.3, -0.25) is 4.68 Å². The van der Waals surface area contributed by atoms with Crippen LogP contribution in [0, 0.1) is 11.3 Å². The van der Waals surface area contributed by atoms with Gasteiger partial charge < -0.3 is 4.74 Å². The average Bonchev–Trinajstić information content (AvgIpc) is 2.95. The Kier molecular flexibility index (Phi) is 4.60. The molecule has 2 rings (SSSR count). The van der Waals surface area contributed by atoms with Crippen LogP contribution in [-0.4, -0.2) is 30.6 Å². The lowest BCUT2D eigenvalue weighted by Gasteiger charge is -2.05. The number of nitrogens with zero attached hydrogens (tertiary/aromatic N) is 3. The molecule has 0 atom stereocenters. The van der Waals surface area contributed by atoms with Gasteiger partial charge >= 0.3 is 0 Å². The maximum Gasteiger partial charge on any atom is 0.181 e. The smallest absolute Gasteiger partial charge is 0.181 e. The highest BCUT2D eigenvalue weighted by Gasteiger charge is 2.14. The molecule has 6 nitrogen and oxygen atoms in total. The van der Waals surface area contributed by atoms with Crippen molar-refractivity contribution in [1.82, 2.24) is 9.78 Å². The van der Waals surface area contributed by atoms with Gasteiger partial charge in [0.05, 0.1) is 34.7 Å². The lowest BCUT2D eigenvalue weighted by molar-refractivity contribution is 0.340. The maximum atomic E-state index is 12.1. The highest BCUT2D eigenvalue weighted by Crippen LogP contribution is 2.13. The number of hydrogen-bond donors (Lipinski definition) is 0. The molecule has 0 aliphatic heterocycles. The van der Waals surface area contributed by atoms with E-state index in [0.29, 0.717) is 11.3 Å². The number of nitriles is 1. The molecule has 2 aromatic rings. The lowest BCUT2D eigenvalue weighted by atomic mass is 10.2. The van der Waals surface area contributed by atoms with Gasteiger partial charge in [0.15, 0.2) is 15.6 Å². The van der Waals surface area contributed by atoms with Gasteiger partial charge in [0, 0.05) is 6.54 Å². The van der Waals surface area contributed by atoms with E-state index in [1.54, 1.807) is 17.1 Å². The Morgan fingerprint density at radius 2 is 2.05 bits per heavy atom. The molecule has 0 radical (unpaired) electrons. The molecule has 0 aliphatic rings. The standard InChI is InChI=1S/C14H15N3O3S/c1-2-17-11-13(10-16-17)20-7-8-21(18,19)14-5-3-12(9-15)4-6-14/h3-6,10-11H,2,7-8H2,1H3. The van der Waals surface area contributed by atoms with E-state index < -0.39 is 9.84 Å². The zero-order valence-electron chi connectivity index (χ0n) is 11.6. The highest BCUT2D eigenvalue weighted by molar-refractivity contribution is 7.91. The summed E-state index contributed by atoms with van der Waals surface area (Å²) < 4.78 is 31.3. The molecule has 21 heavy (non-hydrogen) atoms. The molecule has 0 saturated heterocycles. The first-order valence-electron chi connectivity index (χ1n) is 6.43. The van der Waals surface area contributed by atoms with Crippen LogP contribution in [0.4, 0.5) is 0 Å². The largest absolute Gasteiger partial charge is 0.489 e. The number of sulfone groups is 1. The van der Waals surface area contributed by atoms with Crippen LogP contribution in [0.3, 0.4) is 0 Å². The van der Waals surface area contributed by atoms with Gasteiger partial charge in [-0.05, 0) is 31.2 Å². The Morgan fingerprint density at radius 1 is 1.33 bits per heavy atom. The molecular formula is C14H15N3O3S. The molecule has 0 saturated carbocycles. The Morgan fingerprint density at radius 3 is 2.62 bits per heavy atom. The zero-order chi connectivity index (χ0) is 15.3. The van der Waals surface area contributed by atoms with Gasteiger partial charge in [0.2, 0.25) is 0 Å². The van der Waals surface area contributed by atoms with Crippen molar-refractivity contribution < 1.29 is 13.2 Å². The highest BCUT2D eigenvalue weighted by atomic mass is 32.2. The van der Waals surface area contributed by atoms with E-state index in [1.807, 2.05) is 13.0 Å². The number of aryl methyl sites for hydroxylation is 1. The fraction of sp³-hybridized carbons (Fsp3) is 0.286. The van der Waals surface area contributed by atoms with E-state index in [1.165, 1.54) is 24.3 Å². The molecule has 7 heteroatoms. The maximum absolute atomic E-state index is 12.1. The normalized spacial score (nSPS) is 11.0. The molecule has 1 heterocycles. The van der Waals surface area contributed by atoms with Gasteiger partial charge in [0.1, 0.15) is 6.61 Å². The van der Waals surface area contributed by atoms with E-state index in [-0.39, 0.29) is 17.3 Å². The minimum absolute atomic E-state index is 0.0533. The van der Waals surface area contributed by atoms with E-state index >= 15 is 0 Å². The molecule has 0 bridgehead atoms. The van der Waals surface area contributed by atoms with Gasteiger partial charge in [-0.25, -0.2) is 8.42 Å². The number of benzene rings is 1. The summed E-state index contributed by atoms with van der Waals surface area (Å²) in [5, 5.41) is 12.7. The monoisotopic (exact) mass is 305 g/mol. The second-order valence-electron chi connectivity index (χ2n) is 4.34. The van der Waals surface area contributed by atoms with Crippen molar-refractivity contribution in [1.29, 1.82) is 5.26 Å². The summed E-state index contributed by atoms with van der Waals surface area (Å²) in [6.45, 7) is 2.73. The van der Waals surface area contributed by atoms with Crippen LogP contribution in [0.5, 0.6) is 5.75 Å². The minimum Gasteiger partial charge on any atom is -0.489 e. The van der Waals surface area contributed by atoms with Crippen LogP contribution in [-0.2, 0) is 16.4 Å². The van der Waals surface area contributed by atoms with Crippen molar-refractivity contribution in [2.24, 2.45) is 0 Å². The third-order valence-corrected chi connectivity index (χ3v) is 4.59. The Hall–Kier alpha value is -2.33. The molecule has 110 valence electrons. The van der Waals surface area contributed by atoms with Crippen molar-refractivity contribution in [2.75, 3.05) is 12.4 Å². The summed E-state index contributed by atoms with van der Waals surface area (Å²) in [5.41, 5.74) is 0.428. The molecular weight excluding hydrogens is 290 g/mol. The van der Waals surface area contributed by atoms with E-state index in [9.17, 15) is 8.42 Å². The van der Waals surface area contributed by atoms with Crippen molar-refractivity contribution in [3.05, 3.63) is 42.2 Å². The molecule has 1 aromatic heterocycles. The first-order chi connectivity index (χ1) is 10.0. The predicted octanol–water partition coefficient (Wildman–Crippen LogP) is 1.63. The van der Waals surface area contributed by atoms with Crippen molar-refractivity contribution in [3.63, 3.8) is 0 Å². The van der Waals surface area contributed by atoms with Crippen molar-refractivity contribution in [2.45, 2.75) is 18.4 Å². The topological polar surface area (TPSA) is 85.0 Å². The summed E-state index contributed by atoms with van der Waals surface area (Å²) in [4.78, 5) is 0.189. The van der Waals surface area contributed by atoms with Gasteiger partial charge in [0.25, 0.3) is 0 Å². The van der Waals surface area contributed by atoms with Crippen LogP contribution >= 0.6 is 0 Å². The predicted molar refractivity (Wildman–Crippen MR) is 76.6 cm³/mol. The van der Waals surface area contributed by atoms with E-state index in [2.05, 4.69) is 5.10 Å². The van der Waals surface area contributed by atoms with Crippen molar-refractivity contribution >= 4 is 9.84 Å². The Balaban J connectivity index is 1.96. The SMILES string of the molecule is CCn1cc(OCCS(=O)(=O)c2ccc(C#N)cc2)cn1. The molecule has 0 unspecified atom stereocenters. The molecule has 0 aliphatic carbocycles. The van der Waals surface area contributed by atoms with E-state index in [4.69, 9.17) is 10.00 Å². The van der Waals surface area contributed by atoms with Crippen LogP contribution in [0.25, 0.3) is 0 Å². The fourth-order valence-corrected chi connectivity index (χ4v) is 2.81. The summed E-state index contributed by atoms with van der Waals surface area (Å²) in [5.74, 6) is 0.419. The van der Waals surface area contributed by atoms with Crippen LogP contribution in [0.2, 0.25) is 0 Å². The van der Waals surface area contributed by atoms with Crippen molar-refractivity contribution in [3.8, 4) is 11.8 Å². The van der Waals surface area contributed by atoms with Crippen LogP contribution in [0.15, 0.2) is 41.6 Å². The summed E-state index contributed by atoms with van der Waals surface area (Å²) in [6, 6.07) is 7.79. The fourth-order valence-electron chi connectivity index (χ4n) is 1.72. The zero-order valence-corrected chi connectivity index (χ0v) is 12.4. The molecule has 0 N–H and O–H groups in total. The number of hydrogen-bond acceptors (Lipinski definition) is 5. The number of ether oxygens (including phenoxy) is 1.